The van der Waals surface area contributed by atoms with E-state index in [1.807, 2.05) is 0 Å². The lowest BCUT2D eigenvalue weighted by molar-refractivity contribution is -0.117. The normalized spacial score (nSPS) is 21.8. The molecular weight excluding hydrogens is 453 g/mol. The molecule has 1 amide bonds. The van der Waals surface area contributed by atoms with Crippen molar-refractivity contribution >= 4 is 42.6 Å². The van der Waals surface area contributed by atoms with E-state index in [4.69, 9.17) is 4.74 Å². The zero-order valence-electron chi connectivity index (χ0n) is 16.0. The van der Waals surface area contributed by atoms with E-state index in [9.17, 15) is 26.7 Å². The first-order valence-electron chi connectivity index (χ1n) is 9.50. The average Bonchev–Trinajstić information content (AvgIpc) is 3.45. The van der Waals surface area contributed by atoms with Crippen molar-refractivity contribution in [1.29, 1.82) is 0 Å². The Bertz CT molecular complexity index is 1320. The summed E-state index contributed by atoms with van der Waals surface area (Å²) < 4.78 is 73.1. The number of sulfonamides is 1. The number of aromatic hydroxyl groups is 1. The molecule has 0 unspecified atom stereocenters. The third-order valence-electron chi connectivity index (χ3n) is 5.50. The number of hydrogen-bond acceptors (Lipinski definition) is 7. The highest BCUT2D eigenvalue weighted by atomic mass is 32.2. The van der Waals surface area contributed by atoms with Gasteiger partial charge in [-0.2, -0.15) is 12.7 Å². The Hall–Kier alpha value is -2.64. The molecule has 31 heavy (non-hydrogen) atoms. The maximum absolute atomic E-state index is 15.2. The summed E-state index contributed by atoms with van der Waals surface area (Å²) in [5.41, 5.74) is -0.631. The molecular formula is C18H18FN3O7S2. The second-order valence-corrected chi connectivity index (χ2v) is 11.6. The fourth-order valence-electron chi connectivity index (χ4n) is 3.72. The number of phenols is 1. The zero-order chi connectivity index (χ0) is 22.1. The highest BCUT2D eigenvalue weighted by molar-refractivity contribution is 7.92. The summed E-state index contributed by atoms with van der Waals surface area (Å²) in [6.07, 6.45) is 0.973. The standard InChI is InChI=1S/C18H18FN3O7S2/c19-17-14-6-11(29-12-7-21(8-12)30(25,26)13-3-4-13)2-1-10(14)5-15(23)18(17)22-9-16(24)20-31(22,27)28/h1-2,5-6,12-13,23H,3-4,7-9H2,(H,20,24). The summed E-state index contributed by atoms with van der Waals surface area (Å²) >= 11 is 0. The maximum atomic E-state index is 15.2. The highest BCUT2D eigenvalue weighted by Crippen LogP contribution is 2.40. The second kappa shape index (κ2) is 6.68. The van der Waals surface area contributed by atoms with Crippen molar-refractivity contribution in [2.75, 3.05) is 23.9 Å². The van der Waals surface area contributed by atoms with Crippen molar-refractivity contribution in [3.63, 3.8) is 0 Å². The number of nitrogens with one attached hydrogen (secondary N) is 1. The number of anilines is 1. The van der Waals surface area contributed by atoms with E-state index in [1.54, 1.807) is 10.8 Å². The molecule has 2 aliphatic heterocycles. The number of carbonyl (C=O) groups excluding carboxylic acids is 1. The lowest BCUT2D eigenvalue weighted by Crippen LogP contribution is -2.56. The predicted octanol–water partition coefficient (Wildman–Crippen LogP) is 0.421. The van der Waals surface area contributed by atoms with Gasteiger partial charge in [0.2, 0.25) is 10.0 Å². The Balaban J connectivity index is 1.41. The van der Waals surface area contributed by atoms with Crippen LogP contribution in [0.4, 0.5) is 10.1 Å². The second-order valence-electron chi connectivity index (χ2n) is 7.78. The number of amides is 1. The maximum Gasteiger partial charge on any atom is 0.326 e. The molecule has 3 fully saturated rings. The van der Waals surface area contributed by atoms with Gasteiger partial charge in [0.15, 0.2) is 5.82 Å². The third kappa shape index (κ3) is 3.36. The number of hydrogen-bond donors (Lipinski definition) is 2. The number of ether oxygens (including phenoxy) is 1. The molecule has 0 radical (unpaired) electrons. The average molecular weight is 471 g/mol. The zero-order valence-corrected chi connectivity index (χ0v) is 17.6. The quantitative estimate of drug-likeness (QED) is 0.646. The van der Waals surface area contributed by atoms with Gasteiger partial charge in [-0.15, -0.1) is 0 Å². The topological polar surface area (TPSA) is 133 Å². The summed E-state index contributed by atoms with van der Waals surface area (Å²) in [5, 5.41) is 10.2. The van der Waals surface area contributed by atoms with E-state index < -0.39 is 49.9 Å². The van der Waals surface area contributed by atoms with E-state index >= 15 is 4.39 Å². The molecule has 1 saturated carbocycles. The van der Waals surface area contributed by atoms with E-state index in [0.29, 0.717) is 22.5 Å². The van der Waals surface area contributed by atoms with Crippen LogP contribution in [0.3, 0.4) is 0 Å². The van der Waals surface area contributed by atoms with Gasteiger partial charge in [0.05, 0.1) is 18.3 Å². The van der Waals surface area contributed by atoms with Gasteiger partial charge in [-0.3, -0.25) is 4.79 Å². The number of phenolic OH excluding ortho intramolecular Hbond substituents is 1. The number of rotatable bonds is 5. The lowest BCUT2D eigenvalue weighted by Gasteiger charge is -2.38. The monoisotopic (exact) mass is 471 g/mol. The van der Waals surface area contributed by atoms with Crippen LogP contribution in [0.1, 0.15) is 12.8 Å². The Kier molecular flexibility index (Phi) is 4.37. The predicted molar refractivity (Wildman–Crippen MR) is 108 cm³/mol. The van der Waals surface area contributed by atoms with Crippen LogP contribution in [0.5, 0.6) is 11.5 Å². The number of benzene rings is 2. The summed E-state index contributed by atoms with van der Waals surface area (Å²) in [6.45, 7) is -0.234. The molecule has 3 aliphatic rings. The van der Waals surface area contributed by atoms with Crippen LogP contribution in [0.25, 0.3) is 10.8 Å². The lowest BCUT2D eigenvalue weighted by atomic mass is 10.1. The van der Waals surface area contributed by atoms with Crippen molar-refractivity contribution in [2.45, 2.75) is 24.2 Å². The molecule has 5 rings (SSSR count). The Morgan fingerprint density at radius 3 is 2.52 bits per heavy atom. The molecule has 166 valence electrons. The Labute approximate surface area is 177 Å². The largest absolute Gasteiger partial charge is 0.506 e. The summed E-state index contributed by atoms with van der Waals surface area (Å²) in [7, 11) is -7.57. The van der Waals surface area contributed by atoms with E-state index in [1.165, 1.54) is 22.5 Å². The minimum absolute atomic E-state index is 0.0124. The molecule has 0 aromatic heterocycles. The SMILES string of the molecule is O=C1CN(c2c(O)cc3ccc(OC4CN(S(=O)(=O)C5CC5)C4)cc3c2F)S(=O)(=O)N1. The smallest absolute Gasteiger partial charge is 0.326 e. The molecule has 2 heterocycles. The van der Waals surface area contributed by atoms with Gasteiger partial charge >= 0.3 is 10.2 Å². The fraction of sp³-hybridized carbons (Fsp3) is 0.389. The molecule has 10 nitrogen and oxygen atoms in total. The molecule has 0 bridgehead atoms. The molecule has 0 spiro atoms. The van der Waals surface area contributed by atoms with Crippen molar-refractivity contribution in [1.82, 2.24) is 9.03 Å². The van der Waals surface area contributed by atoms with Crippen molar-refractivity contribution in [2.24, 2.45) is 0 Å². The first kappa shape index (κ1) is 20.3. The Morgan fingerprint density at radius 2 is 1.90 bits per heavy atom. The summed E-state index contributed by atoms with van der Waals surface area (Å²) in [6, 6.07) is 5.60. The highest BCUT2D eigenvalue weighted by Gasteiger charge is 2.46. The van der Waals surface area contributed by atoms with Gasteiger partial charge in [0.1, 0.15) is 29.8 Å². The molecule has 2 aromatic rings. The first-order chi connectivity index (χ1) is 14.6. The van der Waals surface area contributed by atoms with Crippen molar-refractivity contribution in [3.05, 3.63) is 30.1 Å². The van der Waals surface area contributed by atoms with Crippen LogP contribution in [0.2, 0.25) is 0 Å². The molecule has 0 atom stereocenters. The summed E-state index contributed by atoms with van der Waals surface area (Å²) in [4.78, 5) is 11.5. The van der Waals surface area contributed by atoms with Gasteiger partial charge in [-0.1, -0.05) is 6.07 Å². The van der Waals surface area contributed by atoms with E-state index in [-0.39, 0.29) is 35.6 Å². The van der Waals surface area contributed by atoms with Crippen LogP contribution in [-0.2, 0) is 25.0 Å². The third-order valence-corrected chi connectivity index (χ3v) is 9.21. The molecule has 13 heteroatoms. The van der Waals surface area contributed by atoms with E-state index in [2.05, 4.69) is 0 Å². The van der Waals surface area contributed by atoms with Crippen LogP contribution in [-0.4, -0.2) is 63.1 Å². The van der Waals surface area contributed by atoms with Gasteiger partial charge in [-0.05, 0) is 36.4 Å². The van der Waals surface area contributed by atoms with Gasteiger partial charge in [0, 0.05) is 5.39 Å². The minimum Gasteiger partial charge on any atom is -0.506 e. The summed E-state index contributed by atoms with van der Waals surface area (Å²) in [5.74, 6) is -2.22. The van der Waals surface area contributed by atoms with Crippen LogP contribution < -0.4 is 13.8 Å². The van der Waals surface area contributed by atoms with Crippen LogP contribution in [0.15, 0.2) is 24.3 Å². The van der Waals surface area contributed by atoms with Crippen molar-refractivity contribution in [3.8, 4) is 11.5 Å². The molecule has 2 N–H and O–H groups in total. The molecule has 1 aliphatic carbocycles. The first-order valence-corrected chi connectivity index (χ1v) is 12.4. The number of carbonyl (C=O) groups is 1. The fourth-order valence-corrected chi connectivity index (χ4v) is 6.78. The number of fused-ring (bicyclic) bond motifs is 1. The molecule has 2 saturated heterocycles. The van der Waals surface area contributed by atoms with E-state index in [0.717, 1.165) is 0 Å². The Morgan fingerprint density at radius 1 is 1.19 bits per heavy atom. The van der Waals surface area contributed by atoms with Crippen LogP contribution >= 0.6 is 0 Å². The number of halogens is 1. The minimum atomic E-state index is -4.31. The van der Waals surface area contributed by atoms with Crippen molar-refractivity contribution < 1.29 is 35.9 Å². The van der Waals surface area contributed by atoms with Crippen LogP contribution in [0, 0.1) is 5.82 Å². The van der Waals surface area contributed by atoms with Gasteiger partial charge in [0.25, 0.3) is 5.91 Å². The van der Waals surface area contributed by atoms with Gasteiger partial charge < -0.3 is 9.84 Å². The number of nitrogens with zero attached hydrogens (tertiary/aromatic N) is 2. The van der Waals surface area contributed by atoms with Gasteiger partial charge in [-0.25, -0.2) is 21.8 Å². The molecule has 2 aromatic carbocycles.